The Kier molecular flexibility index (Phi) is 8.00. The summed E-state index contributed by atoms with van der Waals surface area (Å²) in [6.45, 7) is 6.27. The van der Waals surface area contributed by atoms with Gasteiger partial charge in [0.15, 0.2) is 5.82 Å². The lowest BCUT2D eigenvalue weighted by molar-refractivity contribution is 0.0853. The Morgan fingerprint density at radius 2 is 2.00 bits per heavy atom. The number of aliphatic hydroxyl groups is 1. The second-order valence-electron chi connectivity index (χ2n) is 9.11. The standard InChI is InChI=1S/C26H36N6O3/c1-17-25(18(2)32(5)30-17)23-14-24(31(4)20-9-11-34-12-10-20)29-26(28-23)19-7-6-8-22(13-19)35-16-21(33)15-27-3/h6-8,13-14,20-21,27,33H,9-12,15-16H2,1-5H3. The SMILES string of the molecule is CNCC(O)COc1cccc(-c2nc(-c3c(C)nn(C)c3C)cc(N(C)C3CCOCC3)n2)c1. The summed E-state index contributed by atoms with van der Waals surface area (Å²) in [5.74, 6) is 2.16. The van der Waals surface area contributed by atoms with E-state index in [1.165, 1.54) is 0 Å². The molecule has 1 fully saturated rings. The minimum atomic E-state index is -0.584. The van der Waals surface area contributed by atoms with Gasteiger partial charge in [0.1, 0.15) is 24.3 Å². The Morgan fingerprint density at radius 1 is 1.23 bits per heavy atom. The monoisotopic (exact) mass is 480 g/mol. The molecule has 0 saturated carbocycles. The van der Waals surface area contributed by atoms with E-state index in [9.17, 15) is 5.11 Å². The van der Waals surface area contributed by atoms with E-state index in [4.69, 9.17) is 19.4 Å². The van der Waals surface area contributed by atoms with Crippen molar-refractivity contribution < 1.29 is 14.6 Å². The van der Waals surface area contributed by atoms with Gasteiger partial charge in [-0.1, -0.05) is 12.1 Å². The number of hydrogen-bond acceptors (Lipinski definition) is 8. The summed E-state index contributed by atoms with van der Waals surface area (Å²) in [6, 6.07) is 10.1. The van der Waals surface area contributed by atoms with Crippen molar-refractivity contribution in [2.24, 2.45) is 7.05 Å². The Bertz CT molecular complexity index is 1140. The molecule has 0 aliphatic carbocycles. The number of ether oxygens (including phenoxy) is 2. The highest BCUT2D eigenvalue weighted by Gasteiger charge is 2.23. The Labute approximate surface area is 207 Å². The zero-order valence-corrected chi connectivity index (χ0v) is 21.3. The molecule has 9 heteroatoms. The molecule has 0 amide bonds. The third-order valence-electron chi connectivity index (χ3n) is 6.55. The molecular weight excluding hydrogens is 444 g/mol. The van der Waals surface area contributed by atoms with Crippen molar-refractivity contribution in [1.29, 1.82) is 0 Å². The molecule has 0 radical (unpaired) electrons. The van der Waals surface area contributed by atoms with Gasteiger partial charge in [-0.3, -0.25) is 4.68 Å². The zero-order chi connectivity index (χ0) is 24.9. The highest BCUT2D eigenvalue weighted by atomic mass is 16.5. The van der Waals surface area contributed by atoms with Gasteiger partial charge in [-0.25, -0.2) is 9.97 Å². The highest BCUT2D eigenvalue weighted by molar-refractivity contribution is 5.71. The van der Waals surface area contributed by atoms with Gasteiger partial charge in [0.2, 0.25) is 0 Å². The van der Waals surface area contributed by atoms with Gasteiger partial charge in [0.25, 0.3) is 0 Å². The molecule has 0 spiro atoms. The van der Waals surface area contributed by atoms with Crippen molar-refractivity contribution in [1.82, 2.24) is 25.1 Å². The molecule has 3 aromatic rings. The topological polar surface area (TPSA) is 97.6 Å². The number of likely N-dealkylation sites (N-methyl/N-ethyl adjacent to an activating group) is 1. The normalized spacial score (nSPS) is 15.3. The van der Waals surface area contributed by atoms with Crippen LogP contribution in [-0.4, -0.2) is 77.5 Å². The number of nitrogens with zero attached hydrogens (tertiary/aromatic N) is 5. The number of rotatable bonds is 9. The van der Waals surface area contributed by atoms with Gasteiger partial charge in [-0.05, 0) is 45.9 Å². The summed E-state index contributed by atoms with van der Waals surface area (Å²) < 4.78 is 13.3. The van der Waals surface area contributed by atoms with Gasteiger partial charge < -0.3 is 24.8 Å². The van der Waals surface area contributed by atoms with Crippen molar-refractivity contribution in [3.8, 4) is 28.4 Å². The van der Waals surface area contributed by atoms with Crippen molar-refractivity contribution in [3.05, 3.63) is 41.7 Å². The van der Waals surface area contributed by atoms with Gasteiger partial charge in [-0.15, -0.1) is 0 Å². The van der Waals surface area contributed by atoms with Crippen molar-refractivity contribution in [2.45, 2.75) is 38.8 Å². The smallest absolute Gasteiger partial charge is 0.162 e. The van der Waals surface area contributed by atoms with E-state index in [0.717, 1.165) is 60.1 Å². The molecule has 9 nitrogen and oxygen atoms in total. The fraction of sp³-hybridized carbons (Fsp3) is 0.500. The van der Waals surface area contributed by atoms with Gasteiger partial charge in [0, 0.05) is 62.8 Å². The predicted molar refractivity (Wildman–Crippen MR) is 137 cm³/mol. The number of hydrogen-bond donors (Lipinski definition) is 2. The second kappa shape index (κ2) is 11.2. The summed E-state index contributed by atoms with van der Waals surface area (Å²) in [5.41, 5.74) is 4.73. The first-order chi connectivity index (χ1) is 16.9. The quantitative estimate of drug-likeness (QED) is 0.483. The van der Waals surface area contributed by atoms with Gasteiger partial charge in [-0.2, -0.15) is 5.10 Å². The summed E-state index contributed by atoms with van der Waals surface area (Å²) in [6.07, 6.45) is 1.35. The number of aliphatic hydroxyl groups excluding tert-OH is 1. The molecule has 1 unspecified atom stereocenters. The van der Waals surface area contributed by atoms with Crippen LogP contribution >= 0.6 is 0 Å². The van der Waals surface area contributed by atoms with Crippen LogP contribution < -0.4 is 15.0 Å². The zero-order valence-electron chi connectivity index (χ0n) is 21.3. The maximum atomic E-state index is 10.00. The maximum Gasteiger partial charge on any atom is 0.162 e. The van der Waals surface area contributed by atoms with E-state index in [2.05, 4.69) is 35.4 Å². The predicted octanol–water partition coefficient (Wildman–Crippen LogP) is 2.74. The molecule has 2 N–H and O–H groups in total. The van der Waals surface area contributed by atoms with Crippen LogP contribution in [0.15, 0.2) is 30.3 Å². The van der Waals surface area contributed by atoms with E-state index < -0.39 is 6.10 Å². The number of nitrogens with one attached hydrogen (secondary N) is 1. The summed E-state index contributed by atoms with van der Waals surface area (Å²) in [7, 11) is 5.85. The third-order valence-corrected chi connectivity index (χ3v) is 6.55. The first-order valence-electron chi connectivity index (χ1n) is 12.1. The molecular formula is C26H36N6O3. The first kappa shape index (κ1) is 25.1. The summed E-state index contributed by atoms with van der Waals surface area (Å²) in [4.78, 5) is 12.2. The number of aryl methyl sites for hydroxylation is 2. The Balaban J connectivity index is 1.73. The van der Waals surface area contributed by atoms with Crippen LogP contribution in [0.3, 0.4) is 0 Å². The molecule has 35 heavy (non-hydrogen) atoms. The molecule has 1 aromatic carbocycles. The van der Waals surface area contributed by atoms with Crippen LogP contribution in [0.4, 0.5) is 5.82 Å². The second-order valence-corrected chi connectivity index (χ2v) is 9.11. The molecule has 1 saturated heterocycles. The average Bonchev–Trinajstić information content (AvgIpc) is 3.13. The van der Waals surface area contributed by atoms with E-state index in [1.54, 1.807) is 7.05 Å². The number of anilines is 1. The fourth-order valence-corrected chi connectivity index (χ4v) is 4.49. The van der Waals surface area contributed by atoms with Gasteiger partial charge >= 0.3 is 0 Å². The molecule has 1 atom stereocenters. The first-order valence-corrected chi connectivity index (χ1v) is 12.1. The minimum absolute atomic E-state index is 0.205. The van der Waals surface area contributed by atoms with Crippen LogP contribution in [-0.2, 0) is 11.8 Å². The third kappa shape index (κ3) is 5.80. The Morgan fingerprint density at radius 3 is 2.69 bits per heavy atom. The molecule has 0 bridgehead atoms. The fourth-order valence-electron chi connectivity index (χ4n) is 4.49. The van der Waals surface area contributed by atoms with Gasteiger partial charge in [0.05, 0.1) is 11.4 Å². The summed E-state index contributed by atoms with van der Waals surface area (Å²) in [5, 5.41) is 17.5. The van der Waals surface area contributed by atoms with Crippen molar-refractivity contribution in [3.63, 3.8) is 0 Å². The Hall–Kier alpha value is -3.01. The number of aromatic nitrogens is 4. The lowest BCUT2D eigenvalue weighted by atomic mass is 10.1. The largest absolute Gasteiger partial charge is 0.491 e. The average molecular weight is 481 g/mol. The molecule has 2 aromatic heterocycles. The molecule has 3 heterocycles. The van der Waals surface area contributed by atoms with E-state index in [0.29, 0.717) is 24.2 Å². The summed E-state index contributed by atoms with van der Waals surface area (Å²) >= 11 is 0. The van der Waals surface area contributed by atoms with Crippen LogP contribution in [0.25, 0.3) is 22.6 Å². The van der Waals surface area contributed by atoms with Crippen molar-refractivity contribution in [2.75, 3.05) is 45.4 Å². The van der Waals surface area contributed by atoms with Crippen LogP contribution in [0.1, 0.15) is 24.2 Å². The van der Waals surface area contributed by atoms with E-state index in [1.807, 2.05) is 42.9 Å². The molecule has 1 aliphatic heterocycles. The van der Waals surface area contributed by atoms with Crippen LogP contribution in [0.5, 0.6) is 5.75 Å². The number of benzene rings is 1. The minimum Gasteiger partial charge on any atom is -0.491 e. The van der Waals surface area contributed by atoms with E-state index >= 15 is 0 Å². The van der Waals surface area contributed by atoms with Crippen molar-refractivity contribution >= 4 is 5.82 Å². The lowest BCUT2D eigenvalue weighted by Gasteiger charge is -2.32. The highest BCUT2D eigenvalue weighted by Crippen LogP contribution is 2.32. The maximum absolute atomic E-state index is 10.00. The lowest BCUT2D eigenvalue weighted by Crippen LogP contribution is -2.37. The van der Waals surface area contributed by atoms with Crippen LogP contribution in [0.2, 0.25) is 0 Å². The molecule has 4 rings (SSSR count). The molecule has 188 valence electrons. The van der Waals surface area contributed by atoms with E-state index in [-0.39, 0.29) is 6.61 Å². The molecule has 1 aliphatic rings. The van der Waals surface area contributed by atoms with Crippen LogP contribution in [0, 0.1) is 13.8 Å².